The van der Waals surface area contributed by atoms with Crippen LogP contribution in [0.1, 0.15) is 22.4 Å². The Kier molecular flexibility index (Phi) is 4.76. The van der Waals surface area contributed by atoms with E-state index in [0.717, 1.165) is 34.7 Å². The number of aromatic amines is 1. The van der Waals surface area contributed by atoms with Crippen molar-refractivity contribution < 1.29 is 4.42 Å². The number of nitrogens with one attached hydrogen (secondary N) is 1. The van der Waals surface area contributed by atoms with Crippen LogP contribution in [0.2, 0.25) is 0 Å². The molecule has 0 bridgehead atoms. The number of hydrogen-bond donors (Lipinski definition) is 1. The molecule has 5 rings (SSSR count). The van der Waals surface area contributed by atoms with Gasteiger partial charge in [0.1, 0.15) is 0 Å². The maximum atomic E-state index is 5.73. The van der Waals surface area contributed by atoms with Crippen molar-refractivity contribution in [2.45, 2.75) is 6.42 Å². The van der Waals surface area contributed by atoms with Gasteiger partial charge in [-0.2, -0.15) is 34.0 Å². The van der Waals surface area contributed by atoms with E-state index in [1.807, 2.05) is 18.2 Å². The van der Waals surface area contributed by atoms with Crippen LogP contribution in [0.25, 0.3) is 22.6 Å². The summed E-state index contributed by atoms with van der Waals surface area (Å²) in [4.78, 5) is 3.63. The molecule has 0 aliphatic carbocycles. The van der Waals surface area contributed by atoms with Crippen LogP contribution in [0, 0.1) is 11.8 Å². The van der Waals surface area contributed by atoms with Crippen molar-refractivity contribution in [3.8, 4) is 34.4 Å². The van der Waals surface area contributed by atoms with Crippen LogP contribution in [-0.2, 0) is 6.42 Å². The van der Waals surface area contributed by atoms with E-state index in [-0.39, 0.29) is 0 Å². The van der Waals surface area contributed by atoms with Crippen LogP contribution >= 0.6 is 34.0 Å². The lowest BCUT2D eigenvalue weighted by molar-refractivity contribution is 0.580. The molecule has 136 valence electrons. The Labute approximate surface area is 175 Å². The van der Waals surface area contributed by atoms with Gasteiger partial charge in [0.05, 0.1) is 17.5 Å². The Morgan fingerprint density at radius 2 is 1.75 bits per heavy atom. The lowest BCUT2D eigenvalue weighted by Gasteiger charge is -2.02. The second-order valence-electron chi connectivity index (χ2n) is 6.29. The van der Waals surface area contributed by atoms with Crippen molar-refractivity contribution in [1.29, 1.82) is 0 Å². The maximum Gasteiger partial charge on any atom is 0.151 e. The fourth-order valence-corrected chi connectivity index (χ4v) is 5.11. The summed E-state index contributed by atoms with van der Waals surface area (Å²) in [7, 11) is 0. The molecule has 5 heteroatoms. The van der Waals surface area contributed by atoms with Gasteiger partial charge < -0.3 is 9.40 Å². The molecule has 0 saturated heterocycles. The normalized spacial score (nSPS) is 10.7. The summed E-state index contributed by atoms with van der Waals surface area (Å²) in [5.41, 5.74) is 7.79. The van der Waals surface area contributed by atoms with Gasteiger partial charge in [0.2, 0.25) is 0 Å². The Bertz CT molecular complexity index is 1210. The smallest absolute Gasteiger partial charge is 0.151 e. The first-order valence-corrected chi connectivity index (χ1v) is 11.6. The molecule has 0 aliphatic rings. The van der Waals surface area contributed by atoms with Crippen LogP contribution in [0.15, 0.2) is 73.3 Å². The zero-order chi connectivity index (χ0) is 18.8. The highest BCUT2D eigenvalue weighted by molar-refractivity contribution is 7.08. The lowest BCUT2D eigenvalue weighted by Crippen LogP contribution is -1.89. The molecule has 0 spiro atoms. The third-order valence-corrected chi connectivity index (χ3v) is 6.57. The molecule has 0 saturated carbocycles. The topological polar surface area (TPSA) is 28.9 Å². The first-order valence-electron chi connectivity index (χ1n) is 8.75. The third kappa shape index (κ3) is 3.38. The van der Waals surface area contributed by atoms with Crippen molar-refractivity contribution in [2.24, 2.45) is 0 Å². The molecular weight excluding hydrogens is 402 g/mol. The monoisotopic (exact) mass is 417 g/mol. The van der Waals surface area contributed by atoms with E-state index >= 15 is 0 Å². The molecule has 28 heavy (non-hydrogen) atoms. The minimum absolute atomic E-state index is 0.808. The van der Waals surface area contributed by atoms with Gasteiger partial charge >= 0.3 is 0 Å². The molecule has 0 aliphatic heterocycles. The molecule has 1 N–H and O–H groups in total. The molecule has 0 radical (unpaired) electrons. The zero-order valence-corrected chi connectivity index (χ0v) is 17.2. The highest BCUT2D eigenvalue weighted by atomic mass is 32.1. The van der Waals surface area contributed by atoms with Crippen molar-refractivity contribution >= 4 is 34.0 Å². The van der Waals surface area contributed by atoms with E-state index in [0.29, 0.717) is 0 Å². The highest BCUT2D eigenvalue weighted by Crippen LogP contribution is 2.37. The number of rotatable bonds is 4. The molecule has 0 amide bonds. The van der Waals surface area contributed by atoms with Gasteiger partial charge in [0.25, 0.3) is 0 Å². The molecule has 0 unspecified atom stereocenters. The second-order valence-corrected chi connectivity index (χ2v) is 8.63. The SMILES string of the molecule is C(#Cc1c(-c2ccco2)[nH]c(Cc2ccsc2)c1-c1ccsc1)c1ccsc1. The van der Waals surface area contributed by atoms with Gasteiger partial charge in [-0.1, -0.05) is 11.8 Å². The minimum atomic E-state index is 0.808. The van der Waals surface area contributed by atoms with Crippen LogP contribution in [0.5, 0.6) is 0 Å². The Morgan fingerprint density at radius 3 is 2.46 bits per heavy atom. The summed E-state index contributed by atoms with van der Waals surface area (Å²) in [5, 5.41) is 12.7. The van der Waals surface area contributed by atoms with Gasteiger partial charge in [-0.3, -0.25) is 0 Å². The van der Waals surface area contributed by atoms with E-state index in [9.17, 15) is 0 Å². The summed E-state index contributed by atoms with van der Waals surface area (Å²) in [6, 6.07) is 10.3. The minimum Gasteiger partial charge on any atom is -0.463 e. The van der Waals surface area contributed by atoms with E-state index in [1.54, 1.807) is 40.3 Å². The van der Waals surface area contributed by atoms with Gasteiger partial charge in [-0.15, -0.1) is 0 Å². The van der Waals surface area contributed by atoms with Gasteiger partial charge in [-0.25, -0.2) is 0 Å². The molecule has 2 nitrogen and oxygen atoms in total. The van der Waals surface area contributed by atoms with Crippen molar-refractivity contribution in [3.63, 3.8) is 0 Å². The Morgan fingerprint density at radius 1 is 0.893 bits per heavy atom. The first-order chi connectivity index (χ1) is 13.9. The average molecular weight is 418 g/mol. The Hall–Kier alpha value is -2.78. The third-order valence-electron chi connectivity index (χ3n) is 4.47. The quantitative estimate of drug-likeness (QED) is 0.310. The first kappa shape index (κ1) is 17.3. The number of thiophene rings is 3. The summed E-state index contributed by atoms with van der Waals surface area (Å²) in [6.45, 7) is 0. The maximum absolute atomic E-state index is 5.73. The van der Waals surface area contributed by atoms with Crippen molar-refractivity contribution in [2.75, 3.05) is 0 Å². The zero-order valence-electron chi connectivity index (χ0n) is 14.8. The van der Waals surface area contributed by atoms with E-state index < -0.39 is 0 Å². The summed E-state index contributed by atoms with van der Waals surface area (Å²) in [5.74, 6) is 7.56. The molecule has 5 heterocycles. The second kappa shape index (κ2) is 7.69. The standard InChI is InChI=1S/C23H15NOS3/c1-2-21(25-8-1)23-19(4-3-16-5-9-26-13-16)22(18-7-11-28-15-18)20(24-23)12-17-6-10-27-14-17/h1-2,5-11,13-15,24H,12H2. The van der Waals surface area contributed by atoms with Crippen LogP contribution in [0.3, 0.4) is 0 Å². The van der Waals surface area contributed by atoms with Gasteiger partial charge in [0, 0.05) is 28.6 Å². The predicted molar refractivity (Wildman–Crippen MR) is 119 cm³/mol. The molecule has 0 atom stereocenters. The molecular formula is C23H15NOS3. The van der Waals surface area contributed by atoms with Crippen molar-refractivity contribution in [1.82, 2.24) is 4.98 Å². The highest BCUT2D eigenvalue weighted by Gasteiger charge is 2.21. The average Bonchev–Trinajstić information content (AvgIpc) is 3.53. The van der Waals surface area contributed by atoms with Gasteiger partial charge in [-0.05, 0) is 68.4 Å². The molecule has 0 aromatic carbocycles. The van der Waals surface area contributed by atoms with Crippen LogP contribution < -0.4 is 0 Å². The molecule has 5 aromatic heterocycles. The van der Waals surface area contributed by atoms with Crippen molar-refractivity contribution in [3.05, 3.63) is 91.3 Å². The van der Waals surface area contributed by atoms with Gasteiger partial charge in [0.15, 0.2) is 5.76 Å². The fraction of sp³-hybridized carbons (Fsp3) is 0.0435. The largest absolute Gasteiger partial charge is 0.463 e. The number of H-pyrrole nitrogens is 1. The number of furan rings is 1. The van der Waals surface area contributed by atoms with Crippen LogP contribution in [-0.4, -0.2) is 4.98 Å². The van der Waals surface area contributed by atoms with E-state index in [1.165, 1.54) is 16.7 Å². The Balaban J connectivity index is 1.72. The predicted octanol–water partition coefficient (Wildman–Crippen LogP) is 7.12. The molecule has 0 fully saturated rings. The number of aromatic nitrogens is 1. The summed E-state index contributed by atoms with van der Waals surface area (Å²) < 4.78 is 5.73. The lowest BCUT2D eigenvalue weighted by atomic mass is 9.99. The number of hydrogen-bond acceptors (Lipinski definition) is 4. The van der Waals surface area contributed by atoms with E-state index in [4.69, 9.17) is 4.42 Å². The van der Waals surface area contributed by atoms with E-state index in [2.05, 4.69) is 61.2 Å². The summed E-state index contributed by atoms with van der Waals surface area (Å²) >= 11 is 5.08. The fourth-order valence-electron chi connectivity index (χ4n) is 3.21. The van der Waals surface area contributed by atoms with Crippen LogP contribution in [0.4, 0.5) is 0 Å². The summed E-state index contributed by atoms with van der Waals surface area (Å²) in [6.07, 6.45) is 2.54. The molecule has 5 aromatic rings.